The number of carbonyl (C=O) groups excluding carboxylic acids is 1. The van der Waals surface area contributed by atoms with Crippen LogP contribution in [0.25, 0.3) is 0 Å². The normalized spacial score (nSPS) is 30.6. The number of rotatable bonds is 3. The van der Waals surface area contributed by atoms with E-state index in [-0.39, 0.29) is 11.0 Å². The van der Waals surface area contributed by atoms with Gasteiger partial charge in [0, 0.05) is 18.4 Å². The summed E-state index contributed by atoms with van der Waals surface area (Å²) in [4.78, 5) is 11.1. The molecule has 14 heavy (non-hydrogen) atoms. The molecule has 0 radical (unpaired) electrons. The Morgan fingerprint density at radius 3 is 2.79 bits per heavy atom. The zero-order valence-electron chi connectivity index (χ0n) is 8.88. The summed E-state index contributed by atoms with van der Waals surface area (Å²) in [6, 6.07) is 2.10. The van der Waals surface area contributed by atoms with Gasteiger partial charge in [-0.3, -0.25) is 0 Å². The van der Waals surface area contributed by atoms with Crippen molar-refractivity contribution in [2.75, 3.05) is 6.61 Å². The molecule has 0 saturated carbocycles. The van der Waals surface area contributed by atoms with E-state index >= 15 is 0 Å². The first-order valence-electron chi connectivity index (χ1n) is 5.01. The van der Waals surface area contributed by atoms with E-state index < -0.39 is 0 Å². The van der Waals surface area contributed by atoms with Crippen LogP contribution in [0.4, 0.5) is 0 Å². The second kappa shape index (κ2) is 4.10. The number of carbonyl (C=O) groups is 1. The lowest BCUT2D eigenvalue weighted by atomic mass is 9.72. The summed E-state index contributed by atoms with van der Waals surface area (Å²) in [6.07, 6.45) is 3.62. The summed E-state index contributed by atoms with van der Waals surface area (Å²) >= 11 is 0. The summed E-state index contributed by atoms with van der Waals surface area (Å²) in [5, 5.41) is 8.54. The number of aldehydes is 1. The zero-order valence-corrected chi connectivity index (χ0v) is 8.88. The van der Waals surface area contributed by atoms with E-state index in [0.717, 1.165) is 19.1 Å². The standard InChI is InChI=1S/C11H17NO2/c1-10(2)8-11(9-13,4-3-6-12)5-7-14-10/h9H,3-5,7-8H2,1-2H3. The van der Waals surface area contributed by atoms with Crippen LogP contribution in [-0.4, -0.2) is 18.5 Å². The van der Waals surface area contributed by atoms with Crippen molar-refractivity contribution in [2.24, 2.45) is 5.41 Å². The summed E-state index contributed by atoms with van der Waals surface area (Å²) in [7, 11) is 0. The number of nitriles is 1. The van der Waals surface area contributed by atoms with Gasteiger partial charge in [-0.05, 0) is 33.1 Å². The SMILES string of the molecule is CC1(C)CC(C=O)(CCC#N)CCO1. The van der Waals surface area contributed by atoms with E-state index in [9.17, 15) is 4.79 Å². The Balaban J connectivity index is 2.69. The molecule has 1 fully saturated rings. The molecular weight excluding hydrogens is 178 g/mol. The molecule has 1 aliphatic rings. The molecule has 1 aliphatic heterocycles. The van der Waals surface area contributed by atoms with Crippen LogP contribution in [0.5, 0.6) is 0 Å². The first-order valence-corrected chi connectivity index (χ1v) is 5.01. The number of hydrogen-bond donors (Lipinski definition) is 0. The summed E-state index contributed by atoms with van der Waals surface area (Å²) in [6.45, 7) is 4.62. The van der Waals surface area contributed by atoms with Gasteiger partial charge in [-0.15, -0.1) is 0 Å². The van der Waals surface area contributed by atoms with Gasteiger partial charge < -0.3 is 9.53 Å². The van der Waals surface area contributed by atoms with E-state index in [2.05, 4.69) is 6.07 Å². The summed E-state index contributed by atoms with van der Waals surface area (Å²) in [5.41, 5.74) is -0.550. The first kappa shape index (κ1) is 11.2. The third kappa shape index (κ3) is 2.55. The molecule has 0 aromatic rings. The van der Waals surface area contributed by atoms with Crippen molar-refractivity contribution < 1.29 is 9.53 Å². The Labute approximate surface area is 85.1 Å². The largest absolute Gasteiger partial charge is 0.376 e. The highest BCUT2D eigenvalue weighted by atomic mass is 16.5. The fraction of sp³-hybridized carbons (Fsp3) is 0.818. The van der Waals surface area contributed by atoms with Crippen LogP contribution < -0.4 is 0 Å². The molecule has 3 nitrogen and oxygen atoms in total. The summed E-state index contributed by atoms with van der Waals surface area (Å²) in [5.74, 6) is 0. The van der Waals surface area contributed by atoms with E-state index in [4.69, 9.17) is 10.00 Å². The van der Waals surface area contributed by atoms with Crippen molar-refractivity contribution in [1.29, 1.82) is 5.26 Å². The third-order valence-electron chi connectivity index (χ3n) is 2.86. The average molecular weight is 195 g/mol. The minimum atomic E-state index is -0.322. The van der Waals surface area contributed by atoms with Gasteiger partial charge in [-0.1, -0.05) is 0 Å². The molecule has 0 aromatic carbocycles. The number of ether oxygens (including phenoxy) is 1. The van der Waals surface area contributed by atoms with Crippen LogP contribution in [0.3, 0.4) is 0 Å². The number of nitrogens with zero attached hydrogens (tertiary/aromatic N) is 1. The van der Waals surface area contributed by atoms with Crippen molar-refractivity contribution in [1.82, 2.24) is 0 Å². The van der Waals surface area contributed by atoms with E-state index in [1.807, 2.05) is 13.8 Å². The first-order chi connectivity index (χ1) is 6.54. The van der Waals surface area contributed by atoms with Crippen molar-refractivity contribution in [3.05, 3.63) is 0 Å². The quantitative estimate of drug-likeness (QED) is 0.648. The van der Waals surface area contributed by atoms with Crippen LogP contribution in [-0.2, 0) is 9.53 Å². The molecule has 1 atom stereocenters. The Kier molecular flexibility index (Phi) is 3.28. The van der Waals surface area contributed by atoms with E-state index in [0.29, 0.717) is 19.4 Å². The smallest absolute Gasteiger partial charge is 0.126 e. The van der Waals surface area contributed by atoms with E-state index in [1.165, 1.54) is 0 Å². The van der Waals surface area contributed by atoms with Gasteiger partial charge in [0.2, 0.25) is 0 Å². The van der Waals surface area contributed by atoms with Gasteiger partial charge in [0.15, 0.2) is 0 Å². The maximum absolute atomic E-state index is 11.1. The lowest BCUT2D eigenvalue weighted by Crippen LogP contribution is -2.42. The lowest BCUT2D eigenvalue weighted by Gasteiger charge is -2.41. The molecule has 1 heterocycles. The van der Waals surface area contributed by atoms with E-state index in [1.54, 1.807) is 0 Å². The topological polar surface area (TPSA) is 50.1 Å². The van der Waals surface area contributed by atoms with Crippen LogP contribution in [0, 0.1) is 16.7 Å². The highest BCUT2D eigenvalue weighted by Gasteiger charge is 2.40. The molecule has 1 unspecified atom stereocenters. The van der Waals surface area contributed by atoms with Crippen molar-refractivity contribution in [2.45, 2.75) is 45.1 Å². The third-order valence-corrected chi connectivity index (χ3v) is 2.86. The van der Waals surface area contributed by atoms with Gasteiger partial charge in [0.1, 0.15) is 6.29 Å². The molecule has 1 rings (SSSR count). The monoisotopic (exact) mass is 195 g/mol. The predicted molar refractivity (Wildman–Crippen MR) is 52.6 cm³/mol. The van der Waals surface area contributed by atoms with Crippen molar-refractivity contribution >= 4 is 6.29 Å². The van der Waals surface area contributed by atoms with Gasteiger partial charge >= 0.3 is 0 Å². The minimum Gasteiger partial charge on any atom is -0.376 e. The Hall–Kier alpha value is -0.880. The van der Waals surface area contributed by atoms with Crippen LogP contribution in [0.2, 0.25) is 0 Å². The highest BCUT2D eigenvalue weighted by Crippen LogP contribution is 2.40. The molecule has 0 N–H and O–H groups in total. The van der Waals surface area contributed by atoms with Crippen LogP contribution in [0.15, 0.2) is 0 Å². The highest BCUT2D eigenvalue weighted by molar-refractivity contribution is 5.59. The fourth-order valence-electron chi connectivity index (χ4n) is 2.20. The second-order valence-corrected chi connectivity index (χ2v) is 4.67. The maximum Gasteiger partial charge on any atom is 0.126 e. The average Bonchev–Trinajstić information content (AvgIpc) is 2.13. The molecular formula is C11H17NO2. The van der Waals surface area contributed by atoms with Crippen LogP contribution in [0.1, 0.15) is 39.5 Å². The minimum absolute atomic E-state index is 0.228. The predicted octanol–water partition coefficient (Wildman–Crippen LogP) is 2.06. The molecule has 78 valence electrons. The molecule has 0 aliphatic carbocycles. The number of hydrogen-bond acceptors (Lipinski definition) is 3. The Morgan fingerprint density at radius 2 is 2.29 bits per heavy atom. The van der Waals surface area contributed by atoms with Gasteiger partial charge in [0.05, 0.1) is 11.7 Å². The Bertz CT molecular complexity index is 255. The molecule has 1 saturated heterocycles. The summed E-state index contributed by atoms with van der Waals surface area (Å²) < 4.78 is 5.56. The van der Waals surface area contributed by atoms with Gasteiger partial charge in [-0.2, -0.15) is 5.26 Å². The lowest BCUT2D eigenvalue weighted by molar-refractivity contribution is -0.137. The molecule has 0 amide bonds. The van der Waals surface area contributed by atoms with Gasteiger partial charge in [0.25, 0.3) is 0 Å². The molecule has 0 spiro atoms. The molecule has 3 heteroatoms. The van der Waals surface area contributed by atoms with Gasteiger partial charge in [-0.25, -0.2) is 0 Å². The second-order valence-electron chi connectivity index (χ2n) is 4.67. The van der Waals surface area contributed by atoms with Crippen LogP contribution >= 0.6 is 0 Å². The zero-order chi connectivity index (χ0) is 10.7. The molecule has 0 bridgehead atoms. The fourth-order valence-corrected chi connectivity index (χ4v) is 2.20. The van der Waals surface area contributed by atoms with Crippen molar-refractivity contribution in [3.8, 4) is 6.07 Å². The maximum atomic E-state index is 11.1. The molecule has 0 aromatic heterocycles. The van der Waals surface area contributed by atoms with Crippen molar-refractivity contribution in [3.63, 3.8) is 0 Å². The Morgan fingerprint density at radius 1 is 1.57 bits per heavy atom.